The van der Waals surface area contributed by atoms with Crippen molar-refractivity contribution in [2.24, 2.45) is 0 Å². The molecule has 5 nitrogen and oxygen atoms in total. The molecule has 2 aliphatic rings. The number of rotatable bonds is 2. The molecule has 0 saturated carbocycles. The molecule has 0 radical (unpaired) electrons. The molecule has 0 unspecified atom stereocenters. The van der Waals surface area contributed by atoms with E-state index in [-0.39, 0.29) is 11.8 Å². The summed E-state index contributed by atoms with van der Waals surface area (Å²) in [5.41, 5.74) is 4.75. The number of carbonyl (C=O) groups excluding carboxylic acids is 2. The molecule has 0 bridgehead atoms. The van der Waals surface area contributed by atoms with E-state index >= 15 is 0 Å². The zero-order valence-corrected chi connectivity index (χ0v) is 16.9. The second kappa shape index (κ2) is 7.65. The lowest BCUT2D eigenvalue weighted by atomic mass is 10.2. The number of amides is 2. The molecule has 2 aliphatic heterocycles. The fourth-order valence-electron chi connectivity index (χ4n) is 3.83. The third-order valence-corrected chi connectivity index (χ3v) is 6.08. The number of thiophene rings is 1. The SMILES string of the molecule is O=C1Cc2ccccc2N1N1C(=O)Cc2ccccc21.c1c[nH]c(-c2cccs2)c1. The van der Waals surface area contributed by atoms with Crippen LogP contribution < -0.4 is 10.0 Å². The first kappa shape index (κ1) is 18.4. The third kappa shape index (κ3) is 3.21. The predicted octanol–water partition coefficient (Wildman–Crippen LogP) is 4.82. The number of benzene rings is 2. The number of anilines is 2. The van der Waals surface area contributed by atoms with Crippen LogP contribution >= 0.6 is 11.3 Å². The normalized spacial score (nSPS) is 14.4. The molecule has 6 heteroatoms. The summed E-state index contributed by atoms with van der Waals surface area (Å²) in [6, 6.07) is 23.5. The monoisotopic (exact) mass is 413 g/mol. The summed E-state index contributed by atoms with van der Waals surface area (Å²) >= 11 is 1.75. The Hall–Kier alpha value is -3.64. The highest BCUT2D eigenvalue weighted by Gasteiger charge is 2.39. The van der Waals surface area contributed by atoms with Crippen LogP contribution in [0.1, 0.15) is 11.1 Å². The smallest absolute Gasteiger partial charge is 0.250 e. The van der Waals surface area contributed by atoms with Crippen molar-refractivity contribution in [1.29, 1.82) is 0 Å². The van der Waals surface area contributed by atoms with Crippen LogP contribution in [0.15, 0.2) is 84.4 Å². The van der Waals surface area contributed by atoms with E-state index in [0.717, 1.165) is 22.5 Å². The number of carbonyl (C=O) groups is 2. The van der Waals surface area contributed by atoms with Crippen molar-refractivity contribution in [2.75, 3.05) is 10.0 Å². The summed E-state index contributed by atoms with van der Waals surface area (Å²) in [7, 11) is 0. The Kier molecular flexibility index (Phi) is 4.69. The minimum absolute atomic E-state index is 0.0590. The second-order valence-electron chi connectivity index (χ2n) is 7.08. The lowest BCUT2D eigenvalue weighted by Gasteiger charge is -2.28. The molecule has 4 heterocycles. The highest BCUT2D eigenvalue weighted by Crippen LogP contribution is 2.37. The molecule has 148 valence electrons. The maximum Gasteiger partial charge on any atom is 0.250 e. The van der Waals surface area contributed by atoms with Gasteiger partial charge in [-0.3, -0.25) is 9.59 Å². The van der Waals surface area contributed by atoms with Crippen molar-refractivity contribution in [1.82, 2.24) is 4.98 Å². The topological polar surface area (TPSA) is 56.4 Å². The first-order valence-corrected chi connectivity index (χ1v) is 10.6. The molecule has 2 aromatic heterocycles. The van der Waals surface area contributed by atoms with Gasteiger partial charge in [0.25, 0.3) is 11.8 Å². The zero-order valence-electron chi connectivity index (χ0n) is 16.1. The molecular formula is C24H19N3O2S. The van der Waals surface area contributed by atoms with Crippen LogP contribution in [0.25, 0.3) is 10.6 Å². The third-order valence-electron chi connectivity index (χ3n) is 5.18. The number of aromatic amines is 1. The van der Waals surface area contributed by atoms with Crippen LogP contribution in [-0.4, -0.2) is 16.8 Å². The lowest BCUT2D eigenvalue weighted by molar-refractivity contribution is -0.122. The van der Waals surface area contributed by atoms with E-state index in [4.69, 9.17) is 0 Å². The van der Waals surface area contributed by atoms with Crippen molar-refractivity contribution in [3.63, 3.8) is 0 Å². The van der Waals surface area contributed by atoms with Gasteiger partial charge in [0.2, 0.25) is 0 Å². The van der Waals surface area contributed by atoms with Crippen molar-refractivity contribution < 1.29 is 9.59 Å². The number of hydrogen-bond acceptors (Lipinski definition) is 3. The van der Waals surface area contributed by atoms with Crippen molar-refractivity contribution in [3.8, 4) is 10.6 Å². The lowest BCUT2D eigenvalue weighted by Crippen LogP contribution is -2.47. The summed E-state index contributed by atoms with van der Waals surface area (Å²) in [5.74, 6) is -0.118. The Morgan fingerprint density at radius 2 is 1.30 bits per heavy atom. The van der Waals surface area contributed by atoms with Crippen LogP contribution in [0.4, 0.5) is 11.4 Å². The van der Waals surface area contributed by atoms with E-state index in [1.807, 2.05) is 60.8 Å². The summed E-state index contributed by atoms with van der Waals surface area (Å²) < 4.78 is 0. The molecule has 0 fully saturated rings. The van der Waals surface area contributed by atoms with Gasteiger partial charge in [0.15, 0.2) is 0 Å². The van der Waals surface area contributed by atoms with Crippen LogP contribution in [0.5, 0.6) is 0 Å². The van der Waals surface area contributed by atoms with Gasteiger partial charge in [-0.15, -0.1) is 11.3 Å². The van der Waals surface area contributed by atoms with Crippen LogP contribution in [0.2, 0.25) is 0 Å². The number of aromatic nitrogens is 1. The highest BCUT2D eigenvalue weighted by atomic mass is 32.1. The molecule has 0 atom stereocenters. The fourth-order valence-corrected chi connectivity index (χ4v) is 4.55. The Balaban J connectivity index is 0.000000161. The first-order chi connectivity index (χ1) is 14.7. The quantitative estimate of drug-likeness (QED) is 0.512. The van der Waals surface area contributed by atoms with Gasteiger partial charge in [0, 0.05) is 6.20 Å². The van der Waals surface area contributed by atoms with Gasteiger partial charge in [0.1, 0.15) is 0 Å². The average Bonchev–Trinajstić information content (AvgIpc) is 3.54. The van der Waals surface area contributed by atoms with Crippen molar-refractivity contribution in [3.05, 3.63) is 95.5 Å². The molecule has 2 aromatic carbocycles. The Morgan fingerprint density at radius 3 is 1.80 bits per heavy atom. The Morgan fingerprint density at radius 1 is 0.700 bits per heavy atom. The van der Waals surface area contributed by atoms with Gasteiger partial charge in [-0.1, -0.05) is 42.5 Å². The molecule has 0 aliphatic carbocycles. The zero-order chi connectivity index (χ0) is 20.5. The molecule has 0 saturated heterocycles. The van der Waals surface area contributed by atoms with E-state index in [1.165, 1.54) is 20.6 Å². The number of fused-ring (bicyclic) bond motifs is 2. The van der Waals surface area contributed by atoms with Crippen LogP contribution in [-0.2, 0) is 22.4 Å². The van der Waals surface area contributed by atoms with Crippen molar-refractivity contribution >= 4 is 34.5 Å². The maximum absolute atomic E-state index is 12.3. The van der Waals surface area contributed by atoms with E-state index in [1.54, 1.807) is 11.3 Å². The minimum atomic E-state index is -0.0590. The van der Waals surface area contributed by atoms with Gasteiger partial charge >= 0.3 is 0 Å². The number of hydrogen-bond donors (Lipinski definition) is 1. The van der Waals surface area contributed by atoms with Crippen LogP contribution in [0, 0.1) is 0 Å². The molecule has 0 spiro atoms. The molecule has 2 amide bonds. The molecule has 1 N–H and O–H groups in total. The summed E-state index contributed by atoms with van der Waals surface area (Å²) in [6.07, 6.45) is 2.64. The second-order valence-corrected chi connectivity index (χ2v) is 8.03. The standard InChI is InChI=1S/C16H12N2O2.C8H7NS/c19-15-9-11-5-1-3-7-13(11)17(15)18-14-8-4-2-6-12(14)10-16(18)20;1-3-7(9-5-1)8-4-2-6-10-8/h1-8H,9-10H2;1-6,9H. The number of para-hydroxylation sites is 2. The molecule has 4 aromatic rings. The molecule has 6 rings (SSSR count). The number of nitrogens with zero attached hydrogens (tertiary/aromatic N) is 2. The molecule has 30 heavy (non-hydrogen) atoms. The van der Waals surface area contributed by atoms with Gasteiger partial charge in [-0.25, -0.2) is 10.0 Å². The number of nitrogens with one attached hydrogen (secondary N) is 1. The highest BCUT2D eigenvalue weighted by molar-refractivity contribution is 7.13. The van der Waals surface area contributed by atoms with Gasteiger partial charge in [0.05, 0.1) is 34.8 Å². The number of H-pyrrole nitrogens is 1. The largest absolute Gasteiger partial charge is 0.361 e. The molecular weight excluding hydrogens is 394 g/mol. The van der Waals surface area contributed by atoms with Gasteiger partial charge in [-0.05, 0) is 46.8 Å². The summed E-state index contributed by atoms with van der Waals surface area (Å²) in [5, 5.41) is 5.11. The first-order valence-electron chi connectivity index (χ1n) is 9.71. The minimum Gasteiger partial charge on any atom is -0.361 e. The van der Waals surface area contributed by atoms with Crippen LogP contribution in [0.3, 0.4) is 0 Å². The number of hydrazine groups is 1. The van der Waals surface area contributed by atoms with E-state index in [9.17, 15) is 9.59 Å². The van der Waals surface area contributed by atoms with Gasteiger partial charge in [-0.2, -0.15) is 0 Å². The fraction of sp³-hybridized carbons (Fsp3) is 0.0833. The van der Waals surface area contributed by atoms with E-state index in [2.05, 4.69) is 28.6 Å². The van der Waals surface area contributed by atoms with E-state index in [0.29, 0.717) is 12.8 Å². The summed E-state index contributed by atoms with van der Waals surface area (Å²) in [6.45, 7) is 0. The Labute approximate surface area is 178 Å². The average molecular weight is 414 g/mol. The van der Waals surface area contributed by atoms with Crippen molar-refractivity contribution in [2.45, 2.75) is 12.8 Å². The maximum atomic E-state index is 12.3. The Bertz CT molecular complexity index is 1100. The summed E-state index contributed by atoms with van der Waals surface area (Å²) in [4.78, 5) is 29.1. The predicted molar refractivity (Wildman–Crippen MR) is 119 cm³/mol. The van der Waals surface area contributed by atoms with E-state index < -0.39 is 0 Å². The van der Waals surface area contributed by atoms with Gasteiger partial charge < -0.3 is 4.98 Å².